The molecule has 1 aromatic carbocycles. The van der Waals surface area contributed by atoms with Gasteiger partial charge >= 0.3 is 0 Å². The minimum atomic E-state index is 0.130. The van der Waals surface area contributed by atoms with Crippen molar-refractivity contribution in [1.82, 2.24) is 5.32 Å². The largest absolute Gasteiger partial charge is 0.496 e. The van der Waals surface area contributed by atoms with Crippen molar-refractivity contribution in [3.05, 3.63) is 29.3 Å². The summed E-state index contributed by atoms with van der Waals surface area (Å²) in [4.78, 5) is 0. The lowest BCUT2D eigenvalue weighted by Gasteiger charge is -2.26. The van der Waals surface area contributed by atoms with Crippen molar-refractivity contribution in [2.75, 3.05) is 19.1 Å². The van der Waals surface area contributed by atoms with E-state index in [4.69, 9.17) is 4.74 Å². The van der Waals surface area contributed by atoms with Gasteiger partial charge in [0.1, 0.15) is 5.75 Å². The Morgan fingerprint density at radius 3 is 2.56 bits per heavy atom. The van der Waals surface area contributed by atoms with Crippen LogP contribution in [0.15, 0.2) is 18.2 Å². The summed E-state index contributed by atoms with van der Waals surface area (Å²) in [7, 11) is 1.71. The van der Waals surface area contributed by atoms with E-state index in [2.05, 4.69) is 54.2 Å². The Labute approximate surface area is 107 Å². The summed E-state index contributed by atoms with van der Waals surface area (Å²) in [5.74, 6) is 0.952. The van der Waals surface area contributed by atoms with Crippen LogP contribution >= 0.6 is 15.9 Å². The first-order valence-corrected chi connectivity index (χ1v) is 6.55. The average Bonchev–Trinajstić information content (AvgIpc) is 2.26. The number of methoxy groups -OCH3 is 1. The van der Waals surface area contributed by atoms with Crippen molar-refractivity contribution >= 4 is 15.9 Å². The SMILES string of the molecule is COc1ccc(C(C)(C)CNCBr)cc1C. The van der Waals surface area contributed by atoms with E-state index in [1.807, 2.05) is 6.07 Å². The zero-order valence-electron chi connectivity index (χ0n) is 10.4. The maximum Gasteiger partial charge on any atom is 0.121 e. The first kappa shape index (κ1) is 13.5. The summed E-state index contributed by atoms with van der Waals surface area (Å²) < 4.78 is 5.27. The molecule has 2 nitrogen and oxygen atoms in total. The molecule has 1 rings (SSSR count). The van der Waals surface area contributed by atoms with Gasteiger partial charge < -0.3 is 10.1 Å². The second kappa shape index (κ2) is 5.69. The van der Waals surface area contributed by atoms with Crippen molar-refractivity contribution in [1.29, 1.82) is 0 Å². The van der Waals surface area contributed by atoms with Gasteiger partial charge in [-0.1, -0.05) is 41.9 Å². The molecule has 1 N–H and O–H groups in total. The molecule has 0 aliphatic rings. The summed E-state index contributed by atoms with van der Waals surface area (Å²) in [5.41, 5.74) is 3.47. The predicted molar refractivity (Wildman–Crippen MR) is 72.6 cm³/mol. The number of hydrogen-bond donors (Lipinski definition) is 1. The molecule has 0 spiro atoms. The molecule has 0 atom stereocenters. The van der Waals surface area contributed by atoms with Gasteiger partial charge in [0.25, 0.3) is 0 Å². The van der Waals surface area contributed by atoms with Crippen molar-refractivity contribution in [2.24, 2.45) is 0 Å². The Morgan fingerprint density at radius 1 is 1.38 bits per heavy atom. The Balaban J connectivity index is 2.91. The number of nitrogens with one attached hydrogen (secondary N) is 1. The third-order valence-electron chi connectivity index (χ3n) is 2.84. The van der Waals surface area contributed by atoms with E-state index in [0.29, 0.717) is 0 Å². The predicted octanol–water partition coefficient (Wildman–Crippen LogP) is 3.22. The molecule has 0 amide bonds. The number of halogens is 1. The summed E-state index contributed by atoms with van der Waals surface area (Å²) >= 11 is 3.38. The van der Waals surface area contributed by atoms with Crippen LogP contribution in [0, 0.1) is 6.92 Å². The highest BCUT2D eigenvalue weighted by molar-refractivity contribution is 9.09. The van der Waals surface area contributed by atoms with E-state index in [1.165, 1.54) is 11.1 Å². The van der Waals surface area contributed by atoms with E-state index in [1.54, 1.807) is 7.11 Å². The zero-order chi connectivity index (χ0) is 12.2. The molecule has 0 saturated carbocycles. The minimum Gasteiger partial charge on any atom is -0.496 e. The number of alkyl halides is 1. The summed E-state index contributed by atoms with van der Waals surface area (Å²) in [5, 5.41) is 3.32. The van der Waals surface area contributed by atoms with Gasteiger partial charge in [-0.3, -0.25) is 0 Å². The van der Waals surface area contributed by atoms with Gasteiger partial charge in [-0.25, -0.2) is 0 Å². The second-order valence-corrected chi connectivity index (χ2v) is 5.19. The molecule has 0 saturated heterocycles. The normalized spacial score (nSPS) is 11.6. The molecule has 1 aromatic rings. The van der Waals surface area contributed by atoms with Crippen LogP contribution in [0.4, 0.5) is 0 Å². The highest BCUT2D eigenvalue weighted by Crippen LogP contribution is 2.27. The van der Waals surface area contributed by atoms with E-state index >= 15 is 0 Å². The summed E-state index contributed by atoms with van der Waals surface area (Å²) in [6, 6.07) is 6.39. The van der Waals surface area contributed by atoms with Crippen molar-refractivity contribution in [3.63, 3.8) is 0 Å². The van der Waals surface area contributed by atoms with Crippen LogP contribution in [-0.4, -0.2) is 19.1 Å². The molecular weight excluding hydrogens is 266 g/mol. The maximum atomic E-state index is 5.27. The van der Waals surface area contributed by atoms with Crippen LogP contribution < -0.4 is 10.1 Å². The van der Waals surface area contributed by atoms with Crippen LogP contribution in [0.1, 0.15) is 25.0 Å². The Morgan fingerprint density at radius 2 is 2.06 bits per heavy atom. The fourth-order valence-electron chi connectivity index (χ4n) is 1.76. The highest BCUT2D eigenvalue weighted by atomic mass is 79.9. The Bertz CT molecular complexity index is 350. The first-order chi connectivity index (χ1) is 7.51. The van der Waals surface area contributed by atoms with Gasteiger partial charge in [0.2, 0.25) is 0 Å². The van der Waals surface area contributed by atoms with E-state index in [-0.39, 0.29) is 5.41 Å². The lowest BCUT2D eigenvalue weighted by Crippen LogP contribution is -2.32. The highest BCUT2D eigenvalue weighted by Gasteiger charge is 2.20. The van der Waals surface area contributed by atoms with E-state index in [0.717, 1.165) is 17.7 Å². The second-order valence-electron chi connectivity index (χ2n) is 4.63. The number of rotatable bonds is 5. The van der Waals surface area contributed by atoms with Gasteiger partial charge in [0, 0.05) is 12.0 Å². The third-order valence-corrected chi connectivity index (χ3v) is 3.23. The van der Waals surface area contributed by atoms with Crippen LogP contribution in [0.5, 0.6) is 5.75 Å². The van der Waals surface area contributed by atoms with E-state index < -0.39 is 0 Å². The van der Waals surface area contributed by atoms with Gasteiger partial charge in [0.05, 0.1) is 12.6 Å². The molecule has 0 aromatic heterocycles. The average molecular weight is 286 g/mol. The fraction of sp³-hybridized carbons (Fsp3) is 0.538. The molecular formula is C13H20BrNO. The van der Waals surface area contributed by atoms with Crippen LogP contribution in [-0.2, 0) is 5.41 Å². The number of aryl methyl sites for hydroxylation is 1. The third kappa shape index (κ3) is 3.22. The molecule has 90 valence electrons. The quantitative estimate of drug-likeness (QED) is 0.663. The molecule has 16 heavy (non-hydrogen) atoms. The monoisotopic (exact) mass is 285 g/mol. The lowest BCUT2D eigenvalue weighted by atomic mass is 9.84. The van der Waals surface area contributed by atoms with Gasteiger partial charge in [-0.15, -0.1) is 0 Å². The minimum absolute atomic E-state index is 0.130. The summed E-state index contributed by atoms with van der Waals surface area (Å²) in [6.45, 7) is 7.51. The van der Waals surface area contributed by atoms with Crippen molar-refractivity contribution in [2.45, 2.75) is 26.2 Å². The fourth-order valence-corrected chi connectivity index (χ4v) is 1.96. The Kier molecular flexibility index (Phi) is 4.81. The maximum absolute atomic E-state index is 5.27. The van der Waals surface area contributed by atoms with Gasteiger partial charge in [-0.05, 0) is 24.1 Å². The van der Waals surface area contributed by atoms with E-state index in [9.17, 15) is 0 Å². The smallest absolute Gasteiger partial charge is 0.121 e. The number of benzene rings is 1. The van der Waals surface area contributed by atoms with Crippen LogP contribution in [0.2, 0.25) is 0 Å². The first-order valence-electron chi connectivity index (χ1n) is 5.43. The molecule has 3 heteroatoms. The molecule has 0 bridgehead atoms. The standard InChI is InChI=1S/C13H20BrNO/c1-10-7-11(5-6-12(10)16-4)13(2,3)8-15-9-14/h5-7,15H,8-9H2,1-4H3. The molecule has 0 heterocycles. The summed E-state index contributed by atoms with van der Waals surface area (Å²) in [6.07, 6.45) is 0. The number of ether oxygens (including phenoxy) is 1. The lowest BCUT2D eigenvalue weighted by molar-refractivity contribution is 0.410. The molecule has 0 unspecified atom stereocenters. The van der Waals surface area contributed by atoms with Crippen LogP contribution in [0.3, 0.4) is 0 Å². The molecule has 0 aliphatic heterocycles. The molecule has 0 aliphatic carbocycles. The van der Waals surface area contributed by atoms with Crippen LogP contribution in [0.25, 0.3) is 0 Å². The van der Waals surface area contributed by atoms with Crippen molar-refractivity contribution < 1.29 is 4.74 Å². The Hall–Kier alpha value is -0.540. The van der Waals surface area contributed by atoms with Gasteiger partial charge in [0.15, 0.2) is 0 Å². The van der Waals surface area contributed by atoms with Crippen molar-refractivity contribution in [3.8, 4) is 5.75 Å². The number of hydrogen-bond acceptors (Lipinski definition) is 2. The molecule has 0 fully saturated rings. The van der Waals surface area contributed by atoms with Gasteiger partial charge in [-0.2, -0.15) is 0 Å². The topological polar surface area (TPSA) is 21.3 Å². The zero-order valence-corrected chi connectivity index (χ0v) is 12.0. The molecule has 0 radical (unpaired) electrons.